The summed E-state index contributed by atoms with van der Waals surface area (Å²) >= 11 is 0. The molecule has 1 heterocycles. The molecule has 0 aliphatic rings. The van der Waals surface area contributed by atoms with Crippen LogP contribution in [0.2, 0.25) is 0 Å². The maximum Gasteiger partial charge on any atom is 0.412 e. The number of nitrogens with zero attached hydrogens (tertiary/aromatic N) is 1. The van der Waals surface area contributed by atoms with Crippen molar-refractivity contribution in [1.82, 2.24) is 5.16 Å². The van der Waals surface area contributed by atoms with Gasteiger partial charge < -0.3 is 9.26 Å². The normalized spacial score (nSPS) is 10.5. The largest absolute Gasteiger partial charge is 0.441 e. The van der Waals surface area contributed by atoms with Gasteiger partial charge in [-0.3, -0.25) is 5.32 Å². The average Bonchev–Trinajstić information content (AvgIpc) is 2.86. The number of carbonyl (C=O) groups is 1. The van der Waals surface area contributed by atoms with Crippen molar-refractivity contribution in [2.75, 3.05) is 5.32 Å². The lowest BCUT2D eigenvalue weighted by atomic mass is 10.1. The van der Waals surface area contributed by atoms with E-state index in [-0.39, 0.29) is 12.5 Å². The van der Waals surface area contributed by atoms with Crippen molar-refractivity contribution in [3.63, 3.8) is 0 Å². The highest BCUT2D eigenvalue weighted by Crippen LogP contribution is 2.14. The highest BCUT2D eigenvalue weighted by atomic mass is 16.6. The minimum atomic E-state index is -0.520. The molecule has 0 radical (unpaired) electrons. The van der Waals surface area contributed by atoms with E-state index in [1.165, 1.54) is 0 Å². The summed E-state index contributed by atoms with van der Waals surface area (Å²) in [7, 11) is 0. The third-order valence-electron chi connectivity index (χ3n) is 2.53. The number of benzene rings is 1. The summed E-state index contributed by atoms with van der Waals surface area (Å²) in [5.41, 5.74) is 1.54. The Bertz CT molecular complexity index is 535. The Kier molecular flexibility index (Phi) is 4.18. The summed E-state index contributed by atoms with van der Waals surface area (Å²) in [6.45, 7) is 4.10. The molecule has 100 valence electrons. The van der Waals surface area contributed by atoms with Crippen LogP contribution in [0.4, 0.5) is 10.5 Å². The Hall–Kier alpha value is -2.30. The maximum absolute atomic E-state index is 11.5. The first kappa shape index (κ1) is 13.1. The number of rotatable bonds is 4. The second kappa shape index (κ2) is 6.04. The molecule has 0 saturated heterocycles. The van der Waals surface area contributed by atoms with Crippen molar-refractivity contribution < 1.29 is 14.1 Å². The molecule has 0 spiro atoms. The van der Waals surface area contributed by atoms with Gasteiger partial charge in [0.25, 0.3) is 0 Å². The van der Waals surface area contributed by atoms with E-state index >= 15 is 0 Å². The average molecular weight is 260 g/mol. The van der Waals surface area contributed by atoms with E-state index < -0.39 is 6.09 Å². The monoisotopic (exact) mass is 260 g/mol. The summed E-state index contributed by atoms with van der Waals surface area (Å²) < 4.78 is 10.1. The summed E-state index contributed by atoms with van der Waals surface area (Å²) in [4.78, 5) is 11.5. The van der Waals surface area contributed by atoms with Crippen LogP contribution in [0, 0.1) is 0 Å². The molecule has 2 aromatic rings. The van der Waals surface area contributed by atoms with Crippen molar-refractivity contribution in [3.05, 3.63) is 47.9 Å². The van der Waals surface area contributed by atoms with E-state index in [0.29, 0.717) is 11.4 Å². The van der Waals surface area contributed by atoms with Gasteiger partial charge >= 0.3 is 6.09 Å². The van der Waals surface area contributed by atoms with Crippen LogP contribution >= 0.6 is 0 Å². The van der Waals surface area contributed by atoms with Gasteiger partial charge in [-0.15, -0.1) is 0 Å². The summed E-state index contributed by atoms with van der Waals surface area (Å²) in [6, 6.07) is 10.9. The van der Waals surface area contributed by atoms with E-state index in [9.17, 15) is 4.79 Å². The van der Waals surface area contributed by atoms with Crippen LogP contribution in [0.15, 0.2) is 40.9 Å². The van der Waals surface area contributed by atoms with Crippen LogP contribution < -0.4 is 5.32 Å². The molecule has 0 atom stereocenters. The molecule has 0 unspecified atom stereocenters. The summed E-state index contributed by atoms with van der Waals surface area (Å²) in [6.07, 6.45) is -0.520. The lowest BCUT2D eigenvalue weighted by molar-refractivity contribution is 0.142. The molecule has 0 aliphatic heterocycles. The van der Waals surface area contributed by atoms with Gasteiger partial charge in [0.05, 0.1) is 5.69 Å². The van der Waals surface area contributed by atoms with Gasteiger partial charge in [-0.25, -0.2) is 4.79 Å². The Morgan fingerprint density at radius 3 is 2.74 bits per heavy atom. The van der Waals surface area contributed by atoms with Gasteiger partial charge in [-0.1, -0.05) is 37.2 Å². The maximum atomic E-state index is 11.5. The first-order chi connectivity index (χ1) is 9.15. The fraction of sp³-hybridized carbons (Fsp3) is 0.286. The number of para-hydroxylation sites is 1. The Morgan fingerprint density at radius 2 is 2.11 bits per heavy atom. The molecule has 5 heteroatoms. The van der Waals surface area contributed by atoms with Crippen molar-refractivity contribution in [2.24, 2.45) is 0 Å². The number of aromatic nitrogens is 1. The molecule has 19 heavy (non-hydrogen) atoms. The summed E-state index contributed by atoms with van der Waals surface area (Å²) in [5, 5.41) is 6.51. The quantitative estimate of drug-likeness (QED) is 0.913. The molecule has 0 saturated carbocycles. The van der Waals surface area contributed by atoms with Crippen LogP contribution in [0.1, 0.15) is 31.2 Å². The van der Waals surface area contributed by atoms with Gasteiger partial charge in [0, 0.05) is 11.8 Å². The number of hydrogen-bond acceptors (Lipinski definition) is 4. The van der Waals surface area contributed by atoms with Crippen molar-refractivity contribution in [1.29, 1.82) is 0 Å². The molecule has 2 rings (SSSR count). The number of hydrogen-bond donors (Lipinski definition) is 1. The Balaban J connectivity index is 1.83. The second-order valence-corrected chi connectivity index (χ2v) is 4.44. The number of carbonyl (C=O) groups excluding carboxylic acids is 1. The molecule has 1 amide bonds. The third kappa shape index (κ3) is 3.84. The molecular formula is C14H16N2O3. The molecule has 5 nitrogen and oxygen atoms in total. The molecule has 1 N–H and O–H groups in total. The zero-order valence-corrected chi connectivity index (χ0v) is 10.9. The summed E-state index contributed by atoms with van der Waals surface area (Å²) in [5.74, 6) is 0.822. The molecule has 0 fully saturated rings. The number of anilines is 1. The third-order valence-corrected chi connectivity index (χ3v) is 2.53. The zero-order valence-electron chi connectivity index (χ0n) is 10.9. The van der Waals surface area contributed by atoms with Crippen LogP contribution in [-0.2, 0) is 11.3 Å². The van der Waals surface area contributed by atoms with E-state index in [0.717, 1.165) is 5.69 Å². The smallest absolute Gasteiger partial charge is 0.412 e. The molecule has 0 aliphatic carbocycles. The molecular weight excluding hydrogens is 244 g/mol. The molecule has 1 aromatic heterocycles. The minimum Gasteiger partial charge on any atom is -0.441 e. The van der Waals surface area contributed by atoms with Gasteiger partial charge in [0.2, 0.25) is 0 Å². The van der Waals surface area contributed by atoms with Crippen LogP contribution in [0.3, 0.4) is 0 Å². The standard InChI is InChI=1S/C14H16N2O3/c1-10(2)13-8-12(19-16-13)9-18-14(17)15-11-6-4-3-5-7-11/h3-8,10H,9H2,1-2H3,(H,15,17). The fourth-order valence-corrected chi connectivity index (χ4v) is 1.48. The first-order valence-electron chi connectivity index (χ1n) is 6.09. The predicted octanol–water partition coefficient (Wildman–Crippen LogP) is 3.55. The van der Waals surface area contributed by atoms with Gasteiger partial charge in [0.15, 0.2) is 12.4 Å². The highest BCUT2D eigenvalue weighted by Gasteiger charge is 2.10. The predicted molar refractivity (Wildman–Crippen MR) is 70.8 cm³/mol. The first-order valence-corrected chi connectivity index (χ1v) is 6.09. The SMILES string of the molecule is CC(C)c1cc(COC(=O)Nc2ccccc2)on1. The van der Waals surface area contributed by atoms with Crippen molar-refractivity contribution in [2.45, 2.75) is 26.4 Å². The lowest BCUT2D eigenvalue weighted by Crippen LogP contribution is -2.13. The van der Waals surface area contributed by atoms with E-state index in [2.05, 4.69) is 10.5 Å². The second-order valence-electron chi connectivity index (χ2n) is 4.44. The van der Waals surface area contributed by atoms with E-state index in [4.69, 9.17) is 9.26 Å². The Labute approximate surface area is 111 Å². The topological polar surface area (TPSA) is 64.4 Å². The van der Waals surface area contributed by atoms with Crippen molar-refractivity contribution >= 4 is 11.8 Å². The zero-order chi connectivity index (χ0) is 13.7. The number of amides is 1. The van der Waals surface area contributed by atoms with Gasteiger partial charge in [-0.2, -0.15) is 0 Å². The minimum absolute atomic E-state index is 0.0678. The highest BCUT2D eigenvalue weighted by molar-refractivity contribution is 5.84. The van der Waals surface area contributed by atoms with Crippen molar-refractivity contribution in [3.8, 4) is 0 Å². The van der Waals surface area contributed by atoms with E-state index in [1.807, 2.05) is 32.0 Å². The van der Waals surface area contributed by atoms with Crippen LogP contribution in [0.25, 0.3) is 0 Å². The lowest BCUT2D eigenvalue weighted by Gasteiger charge is -2.04. The van der Waals surface area contributed by atoms with Gasteiger partial charge in [0.1, 0.15) is 0 Å². The molecule has 0 bridgehead atoms. The van der Waals surface area contributed by atoms with E-state index in [1.54, 1.807) is 18.2 Å². The van der Waals surface area contributed by atoms with Crippen LogP contribution in [-0.4, -0.2) is 11.2 Å². The fourth-order valence-electron chi connectivity index (χ4n) is 1.48. The van der Waals surface area contributed by atoms with Gasteiger partial charge in [-0.05, 0) is 18.1 Å². The Morgan fingerprint density at radius 1 is 1.37 bits per heavy atom. The number of nitrogens with one attached hydrogen (secondary N) is 1. The van der Waals surface area contributed by atoms with Crippen LogP contribution in [0.5, 0.6) is 0 Å². The number of ether oxygens (including phenoxy) is 1. The molecule has 1 aromatic carbocycles.